The van der Waals surface area contributed by atoms with Gasteiger partial charge in [0.05, 0.1) is 12.3 Å². The Kier molecular flexibility index (Phi) is 4.92. The summed E-state index contributed by atoms with van der Waals surface area (Å²) < 4.78 is 6.33. The minimum Gasteiger partial charge on any atom is -0.461 e. The number of rotatable bonds is 5. The number of nitrogens with zero attached hydrogens (tertiary/aromatic N) is 2. The third-order valence-corrected chi connectivity index (χ3v) is 2.09. The fourth-order valence-electron chi connectivity index (χ4n) is 1.40. The van der Waals surface area contributed by atoms with E-state index in [1.54, 1.807) is 19.1 Å². The molecule has 0 aliphatic heterocycles. The number of anilines is 1. The molecule has 0 aliphatic rings. The van der Waals surface area contributed by atoms with Gasteiger partial charge in [-0.2, -0.15) is 5.10 Å². The Balaban J connectivity index is 3.14. The van der Waals surface area contributed by atoms with Crippen molar-refractivity contribution in [2.24, 2.45) is 0 Å². The highest BCUT2D eigenvalue weighted by atomic mass is 16.5. The molecule has 0 amide bonds. The van der Waals surface area contributed by atoms with E-state index in [0.717, 1.165) is 5.70 Å². The first kappa shape index (κ1) is 13.8. The molecule has 0 bridgehead atoms. The highest BCUT2D eigenvalue weighted by molar-refractivity contribution is 5.88. The third kappa shape index (κ3) is 3.10. The Labute approximate surface area is 106 Å². The van der Waals surface area contributed by atoms with Crippen molar-refractivity contribution in [3.05, 3.63) is 42.6 Å². The van der Waals surface area contributed by atoms with E-state index in [4.69, 9.17) is 10.5 Å². The molecule has 96 valence electrons. The van der Waals surface area contributed by atoms with Gasteiger partial charge in [0.15, 0.2) is 5.69 Å². The van der Waals surface area contributed by atoms with Crippen LogP contribution in [0.3, 0.4) is 0 Å². The number of carbonyl (C=O) groups is 1. The van der Waals surface area contributed by atoms with Gasteiger partial charge in [-0.05, 0) is 26.0 Å². The number of nitrogens with two attached hydrogens (primary N) is 1. The summed E-state index contributed by atoms with van der Waals surface area (Å²) in [6.07, 6.45) is 7.04. The molecule has 0 aliphatic carbocycles. The summed E-state index contributed by atoms with van der Waals surface area (Å²) in [6.45, 7) is 7.54. The topological polar surface area (TPSA) is 70.1 Å². The standard InChI is InChI=1S/C13H17N3O2/c1-4-7-10(8-5-2)16-12(14)9-11(15-16)13(17)18-6-3/h4-5,7-9H,1,6,14H2,2-3H3/b8-5-,10-7+. The first-order valence-electron chi connectivity index (χ1n) is 5.62. The van der Waals surface area contributed by atoms with Crippen molar-refractivity contribution in [3.63, 3.8) is 0 Å². The second-order valence-electron chi connectivity index (χ2n) is 3.41. The van der Waals surface area contributed by atoms with Crippen LogP contribution >= 0.6 is 0 Å². The number of esters is 1. The molecule has 0 spiro atoms. The molecular weight excluding hydrogens is 230 g/mol. The zero-order valence-corrected chi connectivity index (χ0v) is 10.6. The molecule has 2 N–H and O–H groups in total. The Hall–Kier alpha value is -2.30. The molecule has 1 aromatic rings. The SMILES string of the molecule is C=C/C=C(\C=C/C)n1nc(C(=O)OCC)cc1N. The van der Waals surface area contributed by atoms with Gasteiger partial charge in [0, 0.05) is 6.07 Å². The van der Waals surface area contributed by atoms with Gasteiger partial charge in [-0.25, -0.2) is 9.48 Å². The second-order valence-corrected chi connectivity index (χ2v) is 3.41. The Bertz CT molecular complexity index is 498. The Morgan fingerprint density at radius 2 is 2.39 bits per heavy atom. The summed E-state index contributed by atoms with van der Waals surface area (Å²) >= 11 is 0. The normalized spacial score (nSPS) is 11.8. The van der Waals surface area contributed by atoms with Crippen molar-refractivity contribution in [2.45, 2.75) is 13.8 Å². The average molecular weight is 247 g/mol. The van der Waals surface area contributed by atoms with Crippen LogP contribution in [0.4, 0.5) is 5.82 Å². The number of aromatic nitrogens is 2. The Morgan fingerprint density at radius 3 is 2.94 bits per heavy atom. The second kappa shape index (κ2) is 6.44. The molecule has 5 heteroatoms. The van der Waals surface area contributed by atoms with Gasteiger partial charge in [0.25, 0.3) is 0 Å². The van der Waals surface area contributed by atoms with Crippen molar-refractivity contribution in [1.29, 1.82) is 0 Å². The van der Waals surface area contributed by atoms with Crippen LogP contribution in [0.25, 0.3) is 5.70 Å². The fourth-order valence-corrected chi connectivity index (χ4v) is 1.40. The van der Waals surface area contributed by atoms with Crippen LogP contribution in [-0.2, 0) is 4.74 Å². The van der Waals surface area contributed by atoms with E-state index in [-0.39, 0.29) is 5.69 Å². The molecule has 0 radical (unpaired) electrons. The van der Waals surface area contributed by atoms with Crippen LogP contribution in [0.1, 0.15) is 24.3 Å². The number of ether oxygens (including phenoxy) is 1. The van der Waals surface area contributed by atoms with Crippen LogP contribution < -0.4 is 5.73 Å². The minimum absolute atomic E-state index is 0.189. The molecule has 1 rings (SSSR count). The molecule has 0 aromatic carbocycles. The van der Waals surface area contributed by atoms with Gasteiger partial charge < -0.3 is 10.5 Å². The lowest BCUT2D eigenvalue weighted by Crippen LogP contribution is -2.07. The summed E-state index contributed by atoms with van der Waals surface area (Å²) in [5.74, 6) is -0.120. The van der Waals surface area contributed by atoms with E-state index >= 15 is 0 Å². The van der Waals surface area contributed by atoms with Crippen LogP contribution in [0.2, 0.25) is 0 Å². The largest absolute Gasteiger partial charge is 0.461 e. The summed E-state index contributed by atoms with van der Waals surface area (Å²) in [6, 6.07) is 1.48. The van der Waals surface area contributed by atoms with E-state index in [9.17, 15) is 4.79 Å². The summed E-state index contributed by atoms with van der Waals surface area (Å²) in [7, 11) is 0. The van der Waals surface area contributed by atoms with Crippen molar-refractivity contribution >= 4 is 17.5 Å². The van der Waals surface area contributed by atoms with Gasteiger partial charge in [-0.15, -0.1) is 0 Å². The van der Waals surface area contributed by atoms with E-state index in [2.05, 4.69) is 11.7 Å². The van der Waals surface area contributed by atoms with E-state index in [1.807, 2.05) is 19.1 Å². The maximum absolute atomic E-state index is 11.5. The number of allylic oxidation sites excluding steroid dienone is 5. The lowest BCUT2D eigenvalue weighted by molar-refractivity contribution is 0.0519. The predicted octanol–water partition coefficient (Wildman–Crippen LogP) is 2.24. The highest BCUT2D eigenvalue weighted by Crippen LogP contribution is 2.15. The number of nitrogen functional groups attached to an aromatic ring is 1. The zero-order valence-electron chi connectivity index (χ0n) is 10.6. The molecule has 5 nitrogen and oxygen atoms in total. The molecule has 1 aromatic heterocycles. The van der Waals surface area contributed by atoms with Crippen molar-refractivity contribution < 1.29 is 9.53 Å². The minimum atomic E-state index is -0.485. The molecule has 0 unspecified atom stereocenters. The fraction of sp³-hybridized carbons (Fsp3) is 0.231. The number of carbonyl (C=O) groups excluding carboxylic acids is 1. The van der Waals surface area contributed by atoms with Gasteiger partial charge in [0.2, 0.25) is 0 Å². The molecule has 0 saturated heterocycles. The van der Waals surface area contributed by atoms with Crippen molar-refractivity contribution in [1.82, 2.24) is 9.78 Å². The molecule has 1 heterocycles. The van der Waals surface area contributed by atoms with E-state index in [1.165, 1.54) is 10.7 Å². The third-order valence-electron chi connectivity index (χ3n) is 2.09. The maximum atomic E-state index is 11.5. The van der Waals surface area contributed by atoms with Crippen molar-refractivity contribution in [2.75, 3.05) is 12.3 Å². The molecule has 18 heavy (non-hydrogen) atoms. The molecule has 0 fully saturated rings. The van der Waals surface area contributed by atoms with E-state index in [0.29, 0.717) is 12.4 Å². The van der Waals surface area contributed by atoms with E-state index < -0.39 is 5.97 Å². The maximum Gasteiger partial charge on any atom is 0.358 e. The van der Waals surface area contributed by atoms with Gasteiger partial charge in [-0.3, -0.25) is 0 Å². The Morgan fingerprint density at radius 1 is 1.67 bits per heavy atom. The number of hydrogen-bond donors (Lipinski definition) is 1. The highest BCUT2D eigenvalue weighted by Gasteiger charge is 2.14. The van der Waals surface area contributed by atoms with Crippen molar-refractivity contribution in [3.8, 4) is 0 Å². The predicted molar refractivity (Wildman–Crippen MR) is 71.9 cm³/mol. The van der Waals surface area contributed by atoms with Crippen LogP contribution in [0.15, 0.2) is 36.9 Å². The number of hydrogen-bond acceptors (Lipinski definition) is 4. The van der Waals surface area contributed by atoms with Gasteiger partial charge in [0.1, 0.15) is 5.82 Å². The monoisotopic (exact) mass is 247 g/mol. The van der Waals surface area contributed by atoms with Gasteiger partial charge in [-0.1, -0.05) is 18.7 Å². The van der Waals surface area contributed by atoms with Gasteiger partial charge >= 0.3 is 5.97 Å². The summed E-state index contributed by atoms with van der Waals surface area (Å²) in [5, 5.41) is 4.12. The lowest BCUT2D eigenvalue weighted by Gasteiger charge is -2.03. The molecular formula is C13H17N3O2. The molecule has 0 saturated carbocycles. The van der Waals surface area contributed by atoms with Crippen LogP contribution in [0, 0.1) is 0 Å². The lowest BCUT2D eigenvalue weighted by atomic mass is 10.3. The first-order valence-corrected chi connectivity index (χ1v) is 5.62. The molecule has 0 atom stereocenters. The van der Waals surface area contributed by atoms with Crippen LogP contribution in [-0.4, -0.2) is 22.4 Å². The average Bonchev–Trinajstić information content (AvgIpc) is 2.71. The zero-order chi connectivity index (χ0) is 13.5. The quantitative estimate of drug-likeness (QED) is 0.640. The van der Waals surface area contributed by atoms with Crippen LogP contribution in [0.5, 0.6) is 0 Å². The summed E-state index contributed by atoms with van der Waals surface area (Å²) in [5.41, 5.74) is 6.73. The summed E-state index contributed by atoms with van der Waals surface area (Å²) in [4.78, 5) is 11.5. The first-order chi connectivity index (χ1) is 8.63. The smallest absolute Gasteiger partial charge is 0.358 e.